The van der Waals surface area contributed by atoms with E-state index in [0.717, 1.165) is 12.3 Å². The maximum atomic E-state index is 13.3. The number of hydrogen-bond donors (Lipinski definition) is 1. The van der Waals surface area contributed by atoms with E-state index >= 15 is 0 Å². The molecule has 0 amide bonds. The zero-order valence-corrected chi connectivity index (χ0v) is 8.54. The van der Waals surface area contributed by atoms with Crippen LogP contribution in [0, 0.1) is 11.6 Å². The van der Waals surface area contributed by atoms with Gasteiger partial charge in [-0.05, 0) is 23.7 Å². The standard InChI is InChI=1S/C10H5ClF2N2O/c11-10-14-4-7(13)8(15-10)5-2-1-3-6(12)9(5)16/h1-4,16H. The van der Waals surface area contributed by atoms with Crippen molar-refractivity contribution in [1.82, 2.24) is 9.97 Å². The molecular weight excluding hydrogens is 238 g/mol. The molecule has 0 saturated heterocycles. The van der Waals surface area contributed by atoms with Crippen molar-refractivity contribution >= 4 is 11.6 Å². The molecule has 0 spiro atoms. The van der Waals surface area contributed by atoms with Crippen LogP contribution >= 0.6 is 11.6 Å². The maximum absolute atomic E-state index is 13.3. The van der Waals surface area contributed by atoms with Crippen LogP contribution in [-0.2, 0) is 0 Å². The van der Waals surface area contributed by atoms with Gasteiger partial charge in [-0.2, -0.15) is 0 Å². The summed E-state index contributed by atoms with van der Waals surface area (Å²) in [6, 6.07) is 3.72. The Labute approximate surface area is 94.4 Å². The van der Waals surface area contributed by atoms with Crippen molar-refractivity contribution < 1.29 is 13.9 Å². The summed E-state index contributed by atoms with van der Waals surface area (Å²) < 4.78 is 26.4. The van der Waals surface area contributed by atoms with Crippen LogP contribution in [0.5, 0.6) is 5.75 Å². The lowest BCUT2D eigenvalue weighted by atomic mass is 10.1. The molecule has 1 aromatic heterocycles. The van der Waals surface area contributed by atoms with Crippen molar-refractivity contribution in [3.05, 3.63) is 41.3 Å². The van der Waals surface area contributed by atoms with Crippen LogP contribution in [0.2, 0.25) is 5.28 Å². The van der Waals surface area contributed by atoms with Crippen LogP contribution < -0.4 is 0 Å². The van der Waals surface area contributed by atoms with Crippen LogP contribution in [0.4, 0.5) is 8.78 Å². The molecule has 82 valence electrons. The number of halogens is 3. The van der Waals surface area contributed by atoms with E-state index in [9.17, 15) is 13.9 Å². The Morgan fingerprint density at radius 2 is 1.94 bits per heavy atom. The molecule has 2 aromatic rings. The van der Waals surface area contributed by atoms with Gasteiger partial charge in [0.1, 0.15) is 5.69 Å². The summed E-state index contributed by atoms with van der Waals surface area (Å²) in [7, 11) is 0. The number of aromatic hydroxyl groups is 1. The number of hydrogen-bond acceptors (Lipinski definition) is 3. The third kappa shape index (κ3) is 1.81. The summed E-state index contributed by atoms with van der Waals surface area (Å²) in [5.74, 6) is -2.31. The second kappa shape index (κ2) is 4.02. The molecule has 3 nitrogen and oxygen atoms in total. The van der Waals surface area contributed by atoms with Gasteiger partial charge in [0.25, 0.3) is 0 Å². The number of aromatic nitrogens is 2. The lowest BCUT2D eigenvalue weighted by Crippen LogP contribution is -1.93. The van der Waals surface area contributed by atoms with Crippen molar-refractivity contribution in [1.29, 1.82) is 0 Å². The monoisotopic (exact) mass is 242 g/mol. The summed E-state index contributed by atoms with van der Waals surface area (Å²) >= 11 is 5.49. The molecule has 1 N–H and O–H groups in total. The summed E-state index contributed by atoms with van der Waals surface area (Å²) in [4.78, 5) is 7.02. The zero-order chi connectivity index (χ0) is 11.7. The highest BCUT2D eigenvalue weighted by molar-refractivity contribution is 6.28. The van der Waals surface area contributed by atoms with Crippen LogP contribution in [-0.4, -0.2) is 15.1 Å². The quantitative estimate of drug-likeness (QED) is 0.782. The smallest absolute Gasteiger partial charge is 0.223 e. The molecule has 0 aliphatic rings. The molecule has 16 heavy (non-hydrogen) atoms. The number of nitrogens with zero attached hydrogens (tertiary/aromatic N) is 2. The Morgan fingerprint density at radius 3 is 2.69 bits per heavy atom. The summed E-state index contributed by atoms with van der Waals surface area (Å²) in [6.07, 6.45) is 0.856. The number of para-hydroxylation sites is 1. The predicted molar refractivity (Wildman–Crippen MR) is 54.1 cm³/mol. The van der Waals surface area contributed by atoms with E-state index in [4.69, 9.17) is 11.6 Å². The Balaban J connectivity index is 2.67. The topological polar surface area (TPSA) is 46.0 Å². The molecule has 1 heterocycles. The molecule has 0 unspecified atom stereocenters. The predicted octanol–water partition coefficient (Wildman–Crippen LogP) is 2.78. The maximum Gasteiger partial charge on any atom is 0.223 e. The average molecular weight is 243 g/mol. The van der Waals surface area contributed by atoms with Gasteiger partial charge in [-0.3, -0.25) is 0 Å². The van der Waals surface area contributed by atoms with Crippen molar-refractivity contribution in [2.24, 2.45) is 0 Å². The molecule has 0 fully saturated rings. The minimum absolute atomic E-state index is 0.0678. The second-order valence-corrected chi connectivity index (χ2v) is 3.31. The molecule has 0 bridgehead atoms. The van der Waals surface area contributed by atoms with Gasteiger partial charge in [-0.25, -0.2) is 18.7 Å². The fourth-order valence-electron chi connectivity index (χ4n) is 1.24. The van der Waals surface area contributed by atoms with Gasteiger partial charge in [-0.15, -0.1) is 0 Å². The third-order valence-electron chi connectivity index (χ3n) is 1.96. The van der Waals surface area contributed by atoms with Crippen LogP contribution in [0.1, 0.15) is 0 Å². The minimum atomic E-state index is -0.855. The summed E-state index contributed by atoms with van der Waals surface area (Å²) in [5.41, 5.74) is -0.307. The Kier molecular flexibility index (Phi) is 2.70. The Hall–Kier alpha value is -1.75. The minimum Gasteiger partial charge on any atom is -0.504 e. The SMILES string of the molecule is Oc1c(F)cccc1-c1nc(Cl)ncc1F. The van der Waals surface area contributed by atoms with Crippen LogP contribution in [0.15, 0.2) is 24.4 Å². The molecule has 0 saturated carbocycles. The van der Waals surface area contributed by atoms with Gasteiger partial charge in [0.05, 0.1) is 6.20 Å². The molecule has 1 aromatic carbocycles. The van der Waals surface area contributed by atoms with E-state index in [0.29, 0.717) is 0 Å². The van der Waals surface area contributed by atoms with Gasteiger partial charge >= 0.3 is 0 Å². The van der Waals surface area contributed by atoms with E-state index in [1.807, 2.05) is 0 Å². The zero-order valence-electron chi connectivity index (χ0n) is 7.78. The van der Waals surface area contributed by atoms with Crippen molar-refractivity contribution in [2.75, 3.05) is 0 Å². The van der Waals surface area contributed by atoms with E-state index in [-0.39, 0.29) is 16.5 Å². The van der Waals surface area contributed by atoms with Gasteiger partial charge < -0.3 is 5.11 Å². The van der Waals surface area contributed by atoms with E-state index in [2.05, 4.69) is 9.97 Å². The fraction of sp³-hybridized carbons (Fsp3) is 0. The number of benzene rings is 1. The first-order valence-electron chi connectivity index (χ1n) is 4.25. The van der Waals surface area contributed by atoms with Crippen molar-refractivity contribution in [3.8, 4) is 17.0 Å². The molecule has 6 heteroatoms. The molecule has 2 rings (SSSR count). The molecule has 0 radical (unpaired) electrons. The molecular formula is C10H5ClF2N2O. The van der Waals surface area contributed by atoms with Crippen LogP contribution in [0.25, 0.3) is 11.3 Å². The van der Waals surface area contributed by atoms with Crippen molar-refractivity contribution in [3.63, 3.8) is 0 Å². The fourth-order valence-corrected chi connectivity index (χ4v) is 1.37. The largest absolute Gasteiger partial charge is 0.504 e. The van der Waals surface area contributed by atoms with Gasteiger partial charge in [-0.1, -0.05) is 6.07 Å². The number of rotatable bonds is 1. The molecule has 0 atom stereocenters. The highest BCUT2D eigenvalue weighted by atomic mass is 35.5. The van der Waals surface area contributed by atoms with E-state index in [1.54, 1.807) is 0 Å². The number of phenolic OH excluding ortho intramolecular Hbond substituents is 1. The van der Waals surface area contributed by atoms with E-state index in [1.165, 1.54) is 12.1 Å². The van der Waals surface area contributed by atoms with Gasteiger partial charge in [0.2, 0.25) is 5.28 Å². The lowest BCUT2D eigenvalue weighted by Gasteiger charge is -2.05. The molecule has 0 aliphatic carbocycles. The first-order valence-corrected chi connectivity index (χ1v) is 4.63. The summed E-state index contributed by atoms with van der Waals surface area (Å²) in [6.45, 7) is 0. The normalized spacial score (nSPS) is 10.4. The van der Waals surface area contributed by atoms with Gasteiger partial charge in [0.15, 0.2) is 17.4 Å². The first-order chi connectivity index (χ1) is 7.59. The number of phenols is 1. The first kappa shape index (κ1) is 10.8. The summed E-state index contributed by atoms with van der Waals surface area (Å²) in [5, 5.41) is 9.24. The highest BCUT2D eigenvalue weighted by Gasteiger charge is 2.14. The lowest BCUT2D eigenvalue weighted by molar-refractivity contribution is 0.433. The van der Waals surface area contributed by atoms with E-state index < -0.39 is 17.4 Å². The Bertz CT molecular complexity index is 548. The van der Waals surface area contributed by atoms with Crippen LogP contribution in [0.3, 0.4) is 0 Å². The van der Waals surface area contributed by atoms with Crippen molar-refractivity contribution in [2.45, 2.75) is 0 Å². The Morgan fingerprint density at radius 1 is 1.19 bits per heavy atom. The molecule has 0 aliphatic heterocycles. The third-order valence-corrected chi connectivity index (χ3v) is 2.14. The average Bonchev–Trinajstić information content (AvgIpc) is 2.26. The second-order valence-electron chi connectivity index (χ2n) is 2.97. The van der Waals surface area contributed by atoms with Gasteiger partial charge in [0, 0.05) is 5.56 Å². The highest BCUT2D eigenvalue weighted by Crippen LogP contribution is 2.31.